The van der Waals surface area contributed by atoms with E-state index in [1.165, 1.54) is 33.3 Å². The molecule has 4 heterocycles. The average Bonchev–Trinajstić information content (AvgIpc) is 3.46. The number of fused-ring (bicyclic) bond motifs is 1. The number of amides is 1. The van der Waals surface area contributed by atoms with Crippen LogP contribution in [0.25, 0.3) is 22.2 Å². The molecule has 0 bridgehead atoms. The van der Waals surface area contributed by atoms with Crippen molar-refractivity contribution in [1.82, 2.24) is 14.9 Å². The number of pyridine rings is 1. The molecule has 3 aromatic rings. The topological polar surface area (TPSA) is 58.2 Å². The van der Waals surface area contributed by atoms with E-state index in [1.54, 1.807) is 0 Å². The second-order valence-corrected chi connectivity index (χ2v) is 9.72. The van der Waals surface area contributed by atoms with Gasteiger partial charge in [-0.1, -0.05) is 19.9 Å². The van der Waals surface area contributed by atoms with Gasteiger partial charge in [-0.15, -0.1) is 0 Å². The number of carbonyl (C=O) groups is 1. The Balaban J connectivity index is 1.40. The predicted octanol–water partition coefficient (Wildman–Crippen LogP) is 5.40. The standard InChI is InChI=1S/C27H33N3O2/c1-17(2)25-23-15-20(4-5-24(23)29-26(25)21-6-10-28-18(3)14-21)19-7-11-30(12-8-19)27(31)22-9-13-32-16-22/h4-6,10,14-15,17,19,22,29H,7-9,11-13,16H2,1-3H3. The van der Waals surface area contributed by atoms with Gasteiger partial charge in [0.25, 0.3) is 0 Å². The molecule has 0 spiro atoms. The van der Waals surface area contributed by atoms with Gasteiger partial charge < -0.3 is 14.6 Å². The molecule has 5 rings (SSSR count). The van der Waals surface area contributed by atoms with E-state index >= 15 is 0 Å². The quantitative estimate of drug-likeness (QED) is 0.601. The van der Waals surface area contributed by atoms with Crippen molar-refractivity contribution in [2.45, 2.75) is 51.9 Å². The second-order valence-electron chi connectivity index (χ2n) is 9.72. The Morgan fingerprint density at radius 3 is 2.66 bits per heavy atom. The number of nitrogens with zero attached hydrogens (tertiary/aromatic N) is 2. The number of aryl methyl sites for hydroxylation is 1. The van der Waals surface area contributed by atoms with Gasteiger partial charge in [0, 0.05) is 48.1 Å². The molecule has 2 aliphatic rings. The molecule has 0 saturated carbocycles. The van der Waals surface area contributed by atoms with Gasteiger partial charge in [-0.3, -0.25) is 9.78 Å². The van der Waals surface area contributed by atoms with Crippen LogP contribution in [0, 0.1) is 12.8 Å². The number of likely N-dealkylation sites (tertiary alicyclic amines) is 1. The summed E-state index contributed by atoms with van der Waals surface area (Å²) in [6.45, 7) is 9.60. The van der Waals surface area contributed by atoms with Crippen molar-refractivity contribution in [3.63, 3.8) is 0 Å². The van der Waals surface area contributed by atoms with E-state index in [4.69, 9.17) is 4.74 Å². The van der Waals surface area contributed by atoms with Crippen LogP contribution in [-0.2, 0) is 9.53 Å². The van der Waals surface area contributed by atoms with Crippen LogP contribution in [0.3, 0.4) is 0 Å². The first kappa shape index (κ1) is 21.2. The van der Waals surface area contributed by atoms with E-state index in [2.05, 4.69) is 59.0 Å². The van der Waals surface area contributed by atoms with Crippen LogP contribution < -0.4 is 0 Å². The largest absolute Gasteiger partial charge is 0.381 e. The maximum atomic E-state index is 12.7. The van der Waals surface area contributed by atoms with Crippen molar-refractivity contribution in [3.05, 3.63) is 53.3 Å². The van der Waals surface area contributed by atoms with Gasteiger partial charge in [0.15, 0.2) is 0 Å². The second kappa shape index (κ2) is 8.70. The fourth-order valence-electron chi connectivity index (χ4n) is 5.43. The van der Waals surface area contributed by atoms with Crippen molar-refractivity contribution in [2.24, 2.45) is 5.92 Å². The minimum absolute atomic E-state index is 0.0756. The Hall–Kier alpha value is -2.66. The average molecular weight is 432 g/mol. The number of benzene rings is 1. The molecule has 1 unspecified atom stereocenters. The third-order valence-corrected chi connectivity index (χ3v) is 7.18. The summed E-state index contributed by atoms with van der Waals surface area (Å²) in [6.07, 6.45) is 4.82. The summed E-state index contributed by atoms with van der Waals surface area (Å²) >= 11 is 0. The normalized spacial score (nSPS) is 19.9. The number of H-pyrrole nitrogens is 1. The molecule has 5 heteroatoms. The van der Waals surface area contributed by atoms with E-state index in [1.807, 2.05) is 13.1 Å². The molecular weight excluding hydrogens is 398 g/mol. The number of hydrogen-bond acceptors (Lipinski definition) is 3. The number of hydrogen-bond donors (Lipinski definition) is 1. The number of aromatic nitrogens is 2. The van der Waals surface area contributed by atoms with Crippen molar-refractivity contribution >= 4 is 16.8 Å². The van der Waals surface area contributed by atoms with Gasteiger partial charge in [-0.2, -0.15) is 0 Å². The van der Waals surface area contributed by atoms with Crippen LogP contribution in [0.4, 0.5) is 0 Å². The van der Waals surface area contributed by atoms with Crippen molar-refractivity contribution in [2.75, 3.05) is 26.3 Å². The molecule has 2 saturated heterocycles. The monoisotopic (exact) mass is 431 g/mol. The predicted molar refractivity (Wildman–Crippen MR) is 128 cm³/mol. The highest BCUT2D eigenvalue weighted by Gasteiger charge is 2.31. The van der Waals surface area contributed by atoms with Crippen LogP contribution in [-0.4, -0.2) is 47.1 Å². The Morgan fingerprint density at radius 1 is 1.16 bits per heavy atom. The lowest BCUT2D eigenvalue weighted by Crippen LogP contribution is -2.41. The zero-order valence-electron chi connectivity index (χ0n) is 19.4. The van der Waals surface area contributed by atoms with E-state index in [-0.39, 0.29) is 5.92 Å². The fourth-order valence-corrected chi connectivity index (χ4v) is 5.43. The van der Waals surface area contributed by atoms with Crippen molar-refractivity contribution in [1.29, 1.82) is 0 Å². The van der Waals surface area contributed by atoms with Crippen molar-refractivity contribution < 1.29 is 9.53 Å². The number of ether oxygens (including phenoxy) is 1. The van der Waals surface area contributed by atoms with E-state index in [0.29, 0.717) is 24.3 Å². The summed E-state index contributed by atoms with van der Waals surface area (Å²) in [6, 6.07) is 11.1. The van der Waals surface area contributed by atoms with Crippen LogP contribution in [0.1, 0.15) is 61.8 Å². The fraction of sp³-hybridized carbons (Fsp3) is 0.481. The number of carbonyl (C=O) groups excluding carboxylic acids is 1. The lowest BCUT2D eigenvalue weighted by atomic mass is 9.87. The van der Waals surface area contributed by atoms with E-state index in [9.17, 15) is 4.79 Å². The molecule has 0 radical (unpaired) electrons. The zero-order chi connectivity index (χ0) is 22.2. The highest BCUT2D eigenvalue weighted by molar-refractivity contribution is 5.92. The number of nitrogens with one attached hydrogen (secondary N) is 1. The molecule has 1 N–H and O–H groups in total. The molecule has 168 valence electrons. The smallest absolute Gasteiger partial charge is 0.228 e. The van der Waals surface area contributed by atoms with E-state index < -0.39 is 0 Å². The summed E-state index contributed by atoms with van der Waals surface area (Å²) in [4.78, 5) is 22.8. The lowest BCUT2D eigenvalue weighted by molar-refractivity contribution is -0.136. The summed E-state index contributed by atoms with van der Waals surface area (Å²) < 4.78 is 5.42. The highest BCUT2D eigenvalue weighted by Crippen LogP contribution is 2.38. The first-order valence-electron chi connectivity index (χ1n) is 12.0. The summed E-state index contributed by atoms with van der Waals surface area (Å²) in [7, 11) is 0. The Labute approximate surface area is 190 Å². The summed E-state index contributed by atoms with van der Waals surface area (Å²) in [5.74, 6) is 1.29. The van der Waals surface area contributed by atoms with Crippen LogP contribution in [0.5, 0.6) is 0 Å². The number of aromatic amines is 1. The molecule has 5 nitrogen and oxygen atoms in total. The third-order valence-electron chi connectivity index (χ3n) is 7.18. The SMILES string of the molecule is Cc1cc(-c2[nH]c3ccc(C4CCN(C(=O)C5CCOC5)CC4)cc3c2C(C)C)ccn1. The van der Waals surface area contributed by atoms with Gasteiger partial charge in [0.1, 0.15) is 0 Å². The molecule has 1 amide bonds. The minimum atomic E-state index is 0.0756. The zero-order valence-corrected chi connectivity index (χ0v) is 19.4. The van der Waals surface area contributed by atoms with Gasteiger partial charge in [-0.05, 0) is 73.4 Å². The maximum Gasteiger partial charge on any atom is 0.228 e. The van der Waals surface area contributed by atoms with E-state index in [0.717, 1.165) is 44.7 Å². The molecule has 1 atom stereocenters. The Kier molecular flexibility index (Phi) is 5.76. The number of piperidine rings is 1. The van der Waals surface area contributed by atoms with Crippen molar-refractivity contribution in [3.8, 4) is 11.3 Å². The third kappa shape index (κ3) is 3.95. The molecular formula is C27H33N3O2. The molecule has 2 aromatic heterocycles. The Morgan fingerprint density at radius 2 is 1.97 bits per heavy atom. The number of rotatable bonds is 4. The van der Waals surface area contributed by atoms with Crippen LogP contribution in [0.15, 0.2) is 36.5 Å². The first-order valence-corrected chi connectivity index (χ1v) is 12.0. The van der Waals surface area contributed by atoms with Gasteiger partial charge in [-0.25, -0.2) is 0 Å². The summed E-state index contributed by atoms with van der Waals surface area (Å²) in [5.41, 5.74) is 7.39. The molecule has 2 fully saturated rings. The van der Waals surface area contributed by atoms with Gasteiger partial charge in [0.2, 0.25) is 5.91 Å². The van der Waals surface area contributed by atoms with Gasteiger partial charge in [0.05, 0.1) is 18.2 Å². The minimum Gasteiger partial charge on any atom is -0.381 e. The lowest BCUT2D eigenvalue weighted by Gasteiger charge is -2.33. The maximum absolute atomic E-state index is 12.7. The van der Waals surface area contributed by atoms with Crippen LogP contribution in [0.2, 0.25) is 0 Å². The molecule has 1 aromatic carbocycles. The first-order chi connectivity index (χ1) is 15.5. The molecule has 2 aliphatic heterocycles. The van der Waals surface area contributed by atoms with Crippen LogP contribution >= 0.6 is 0 Å². The Bertz CT molecular complexity index is 1120. The van der Waals surface area contributed by atoms with Gasteiger partial charge >= 0.3 is 0 Å². The highest BCUT2D eigenvalue weighted by atomic mass is 16.5. The summed E-state index contributed by atoms with van der Waals surface area (Å²) in [5, 5.41) is 1.32. The molecule has 0 aliphatic carbocycles. The molecule has 32 heavy (non-hydrogen) atoms.